The van der Waals surface area contributed by atoms with E-state index in [1.165, 1.54) is 0 Å². The summed E-state index contributed by atoms with van der Waals surface area (Å²) in [7, 11) is 6.95. The van der Waals surface area contributed by atoms with Gasteiger partial charge >= 0.3 is 0 Å². The van der Waals surface area contributed by atoms with Crippen LogP contribution in [0.2, 0.25) is 0 Å². The number of aromatic nitrogens is 2. The number of ether oxygens (including phenoxy) is 3. The van der Waals surface area contributed by atoms with Crippen molar-refractivity contribution in [2.45, 2.75) is 6.10 Å². The van der Waals surface area contributed by atoms with Crippen LogP contribution in [0.3, 0.4) is 0 Å². The van der Waals surface area contributed by atoms with E-state index in [9.17, 15) is 0 Å². The molecule has 25 heavy (non-hydrogen) atoms. The lowest BCUT2D eigenvalue weighted by atomic mass is 10.2. The Hall–Kier alpha value is -2.58. The van der Waals surface area contributed by atoms with Gasteiger partial charge in [-0.25, -0.2) is 4.98 Å². The fraction of sp³-hybridized carbons (Fsp3) is 0.412. The van der Waals surface area contributed by atoms with Gasteiger partial charge in [0.05, 0.1) is 7.11 Å². The van der Waals surface area contributed by atoms with Gasteiger partial charge in [0.2, 0.25) is 5.95 Å². The number of hydrogen-bond acceptors (Lipinski definition) is 8. The molecule has 0 aliphatic carbocycles. The van der Waals surface area contributed by atoms with Gasteiger partial charge in [-0.2, -0.15) is 4.98 Å². The highest BCUT2D eigenvalue weighted by molar-refractivity contribution is 5.60. The Morgan fingerprint density at radius 3 is 2.64 bits per heavy atom. The Kier molecular flexibility index (Phi) is 7.24. The molecule has 1 atom stereocenters. The summed E-state index contributed by atoms with van der Waals surface area (Å²) in [6, 6.07) is 7.35. The maximum Gasteiger partial charge on any atom is 0.229 e. The summed E-state index contributed by atoms with van der Waals surface area (Å²) in [6.45, 7) is 1.10. The summed E-state index contributed by atoms with van der Waals surface area (Å²) >= 11 is 0. The minimum absolute atomic E-state index is 0.0537. The standard InChI is InChI=1S/C17H25N5O3/c1-18-10-13(23-3)11-25-15-9-12(5-6-14(15)24-4)21-17-20-8-7-16(19-2)22-17/h5-9,13,18H,10-11H2,1-4H3,(H2,19,20,21,22)/t13-/m0/s1. The van der Waals surface area contributed by atoms with Crippen molar-refractivity contribution in [3.63, 3.8) is 0 Å². The second-order valence-electron chi connectivity index (χ2n) is 5.23. The molecule has 2 aromatic rings. The van der Waals surface area contributed by atoms with E-state index >= 15 is 0 Å². The third kappa shape index (κ3) is 5.47. The van der Waals surface area contributed by atoms with E-state index in [-0.39, 0.29) is 6.10 Å². The first-order valence-corrected chi connectivity index (χ1v) is 7.96. The number of benzene rings is 1. The number of hydrogen-bond donors (Lipinski definition) is 3. The van der Waals surface area contributed by atoms with Crippen molar-refractivity contribution in [3.05, 3.63) is 30.5 Å². The fourth-order valence-electron chi connectivity index (χ4n) is 2.18. The first-order valence-electron chi connectivity index (χ1n) is 7.96. The molecule has 0 amide bonds. The normalized spacial score (nSPS) is 11.7. The summed E-state index contributed by atoms with van der Waals surface area (Å²) in [4.78, 5) is 8.54. The molecule has 0 fully saturated rings. The Morgan fingerprint density at radius 2 is 1.96 bits per heavy atom. The van der Waals surface area contributed by atoms with Crippen LogP contribution in [0.1, 0.15) is 0 Å². The van der Waals surface area contributed by atoms with Gasteiger partial charge in [-0.1, -0.05) is 0 Å². The van der Waals surface area contributed by atoms with Crippen molar-refractivity contribution < 1.29 is 14.2 Å². The molecular weight excluding hydrogens is 322 g/mol. The molecule has 1 heterocycles. The summed E-state index contributed by atoms with van der Waals surface area (Å²) in [5.41, 5.74) is 0.798. The van der Waals surface area contributed by atoms with E-state index in [0.29, 0.717) is 30.6 Å². The minimum atomic E-state index is -0.0537. The Labute approximate surface area is 147 Å². The molecule has 0 saturated heterocycles. The predicted octanol–water partition coefficient (Wildman–Crippen LogP) is 1.88. The number of methoxy groups -OCH3 is 2. The average molecular weight is 347 g/mol. The molecule has 0 unspecified atom stereocenters. The van der Waals surface area contributed by atoms with Crippen molar-refractivity contribution >= 4 is 17.5 Å². The molecule has 2 rings (SSSR count). The molecule has 3 N–H and O–H groups in total. The van der Waals surface area contributed by atoms with Crippen molar-refractivity contribution in [2.75, 3.05) is 52.1 Å². The van der Waals surface area contributed by atoms with Crippen LogP contribution in [0, 0.1) is 0 Å². The van der Waals surface area contributed by atoms with Gasteiger partial charge in [0.15, 0.2) is 11.5 Å². The summed E-state index contributed by atoms with van der Waals surface area (Å²) in [5, 5.41) is 9.20. The SMILES string of the molecule is CNC[C@@H](COc1cc(Nc2nccc(NC)n2)ccc1OC)OC. The molecule has 0 radical (unpaired) electrons. The molecule has 0 aliphatic rings. The molecule has 0 bridgehead atoms. The third-order valence-electron chi connectivity index (χ3n) is 3.52. The van der Waals surface area contributed by atoms with Gasteiger partial charge in [0, 0.05) is 38.7 Å². The maximum absolute atomic E-state index is 5.87. The van der Waals surface area contributed by atoms with E-state index in [1.54, 1.807) is 26.5 Å². The molecule has 136 valence electrons. The fourth-order valence-corrected chi connectivity index (χ4v) is 2.18. The van der Waals surface area contributed by atoms with Crippen LogP contribution in [-0.4, -0.2) is 57.5 Å². The van der Waals surface area contributed by atoms with Crippen LogP contribution in [-0.2, 0) is 4.74 Å². The largest absolute Gasteiger partial charge is 0.493 e. The van der Waals surface area contributed by atoms with Crippen LogP contribution in [0.25, 0.3) is 0 Å². The molecular formula is C17H25N5O3. The van der Waals surface area contributed by atoms with Crippen LogP contribution in [0.5, 0.6) is 11.5 Å². The molecule has 1 aromatic heterocycles. The highest BCUT2D eigenvalue weighted by Crippen LogP contribution is 2.31. The molecule has 8 nitrogen and oxygen atoms in total. The molecule has 0 spiro atoms. The van der Waals surface area contributed by atoms with Crippen molar-refractivity contribution in [3.8, 4) is 11.5 Å². The highest BCUT2D eigenvalue weighted by Gasteiger charge is 2.11. The van der Waals surface area contributed by atoms with Gasteiger partial charge in [0.25, 0.3) is 0 Å². The Balaban J connectivity index is 2.12. The van der Waals surface area contributed by atoms with E-state index in [2.05, 4.69) is 25.9 Å². The smallest absolute Gasteiger partial charge is 0.229 e. The maximum atomic E-state index is 5.87. The van der Waals surface area contributed by atoms with Crippen LogP contribution >= 0.6 is 0 Å². The van der Waals surface area contributed by atoms with Gasteiger partial charge in [0.1, 0.15) is 18.5 Å². The lowest BCUT2D eigenvalue weighted by Crippen LogP contribution is -2.31. The van der Waals surface area contributed by atoms with Gasteiger partial charge in [-0.15, -0.1) is 0 Å². The number of nitrogens with one attached hydrogen (secondary N) is 3. The lowest BCUT2D eigenvalue weighted by Gasteiger charge is -2.18. The van der Waals surface area contributed by atoms with Crippen molar-refractivity contribution in [1.29, 1.82) is 0 Å². The zero-order chi connectivity index (χ0) is 18.1. The Morgan fingerprint density at radius 1 is 1.12 bits per heavy atom. The third-order valence-corrected chi connectivity index (χ3v) is 3.52. The number of anilines is 3. The van der Waals surface area contributed by atoms with Crippen LogP contribution in [0.15, 0.2) is 30.5 Å². The lowest BCUT2D eigenvalue weighted by molar-refractivity contribution is 0.0585. The number of nitrogens with zero attached hydrogens (tertiary/aromatic N) is 2. The van der Waals surface area contributed by atoms with E-state index in [0.717, 1.165) is 11.5 Å². The van der Waals surface area contributed by atoms with Crippen molar-refractivity contribution in [2.24, 2.45) is 0 Å². The molecule has 0 aliphatic heterocycles. The van der Waals surface area contributed by atoms with E-state index < -0.39 is 0 Å². The number of likely N-dealkylation sites (N-methyl/N-ethyl adjacent to an activating group) is 1. The van der Waals surface area contributed by atoms with Gasteiger partial charge in [-0.3, -0.25) is 0 Å². The first kappa shape index (κ1) is 18.8. The van der Waals surface area contributed by atoms with E-state index in [4.69, 9.17) is 14.2 Å². The quantitative estimate of drug-likeness (QED) is 0.600. The highest BCUT2D eigenvalue weighted by atomic mass is 16.5. The topological polar surface area (TPSA) is 89.6 Å². The molecule has 0 saturated carbocycles. The summed E-state index contributed by atoms with van der Waals surface area (Å²) in [6.07, 6.45) is 1.63. The van der Waals surface area contributed by atoms with Gasteiger partial charge in [-0.05, 0) is 25.2 Å². The summed E-state index contributed by atoms with van der Waals surface area (Å²) in [5.74, 6) is 2.50. The minimum Gasteiger partial charge on any atom is -0.493 e. The van der Waals surface area contributed by atoms with E-state index in [1.807, 2.05) is 32.3 Å². The van der Waals surface area contributed by atoms with Crippen LogP contribution < -0.4 is 25.4 Å². The zero-order valence-corrected chi connectivity index (χ0v) is 15.0. The second-order valence-corrected chi connectivity index (χ2v) is 5.23. The van der Waals surface area contributed by atoms with Crippen LogP contribution in [0.4, 0.5) is 17.5 Å². The summed E-state index contributed by atoms with van der Waals surface area (Å²) < 4.78 is 16.6. The monoisotopic (exact) mass is 347 g/mol. The molecule has 8 heteroatoms. The Bertz CT molecular complexity index is 668. The first-order chi connectivity index (χ1) is 12.2. The molecule has 1 aromatic carbocycles. The van der Waals surface area contributed by atoms with Gasteiger partial charge < -0.3 is 30.2 Å². The predicted molar refractivity (Wildman–Crippen MR) is 98.1 cm³/mol. The number of rotatable bonds is 10. The average Bonchev–Trinajstić information content (AvgIpc) is 2.65. The second kappa shape index (κ2) is 9.65. The zero-order valence-electron chi connectivity index (χ0n) is 15.0. The van der Waals surface area contributed by atoms with Crippen molar-refractivity contribution in [1.82, 2.24) is 15.3 Å².